The third-order valence-corrected chi connectivity index (χ3v) is 3.06. The molecule has 0 radical (unpaired) electrons. The Morgan fingerprint density at radius 3 is 2.29 bits per heavy atom. The lowest BCUT2D eigenvalue weighted by Gasteiger charge is -2.00. The number of esters is 1. The molecule has 0 aliphatic heterocycles. The Hall–Kier alpha value is -3.32. The van der Waals surface area contributed by atoms with Gasteiger partial charge in [-0.1, -0.05) is 59.6 Å². The predicted octanol–water partition coefficient (Wildman–Crippen LogP) is 4.19. The predicted molar refractivity (Wildman–Crippen MR) is 92.3 cm³/mol. The lowest BCUT2D eigenvalue weighted by molar-refractivity contribution is 0.0515. The molecule has 0 spiro atoms. The molecule has 0 amide bonds. The smallest absolute Gasteiger partial charge is 0.361 e. The van der Waals surface area contributed by atoms with Crippen molar-refractivity contribution >= 4 is 5.97 Å². The molecule has 24 heavy (non-hydrogen) atoms. The summed E-state index contributed by atoms with van der Waals surface area (Å²) >= 11 is 0. The maximum Gasteiger partial charge on any atom is 0.361 e. The van der Waals surface area contributed by atoms with Crippen LogP contribution in [0.4, 0.5) is 0 Å². The Morgan fingerprint density at radius 2 is 1.75 bits per heavy atom. The topological polar surface area (TPSA) is 52.3 Å². The van der Waals surface area contributed by atoms with Crippen LogP contribution >= 0.6 is 0 Å². The van der Waals surface area contributed by atoms with Gasteiger partial charge in [-0.05, 0) is 24.6 Å². The number of hydrogen-bond donors (Lipinski definition) is 0. The molecular formula is C20H17NO3. The summed E-state index contributed by atoms with van der Waals surface area (Å²) in [5.74, 6) is 2.06. The third-order valence-electron chi connectivity index (χ3n) is 3.06. The molecule has 0 unspecified atom stereocenters. The van der Waals surface area contributed by atoms with E-state index in [2.05, 4.69) is 11.1 Å². The minimum Gasteiger partial charge on any atom is -0.461 e. The van der Waals surface area contributed by atoms with Gasteiger partial charge in [-0.3, -0.25) is 0 Å². The zero-order chi connectivity index (χ0) is 17.2. The number of aromatic nitrogens is 1. The molecule has 1 aromatic heterocycles. The highest BCUT2D eigenvalue weighted by Gasteiger charge is 2.18. The van der Waals surface area contributed by atoms with Gasteiger partial charge in [0.2, 0.25) is 0 Å². The highest BCUT2D eigenvalue weighted by Crippen LogP contribution is 2.23. The molecule has 3 aromatic rings. The second kappa shape index (κ2) is 8.96. The van der Waals surface area contributed by atoms with Crippen molar-refractivity contribution in [1.82, 2.24) is 5.16 Å². The SMILES string of the molecule is C#Cc1ccccc1.CCOC(=O)c1nocc1-c1ccccc1. The van der Waals surface area contributed by atoms with Crippen LogP contribution in [0, 0.1) is 12.3 Å². The lowest BCUT2D eigenvalue weighted by Crippen LogP contribution is -2.06. The van der Waals surface area contributed by atoms with Crippen LogP contribution in [-0.2, 0) is 4.74 Å². The fourth-order valence-corrected chi connectivity index (χ4v) is 1.94. The molecule has 0 saturated heterocycles. The van der Waals surface area contributed by atoms with E-state index in [9.17, 15) is 4.79 Å². The van der Waals surface area contributed by atoms with E-state index in [1.807, 2.05) is 60.7 Å². The normalized spacial score (nSPS) is 9.33. The first-order valence-electron chi connectivity index (χ1n) is 7.44. The molecule has 0 aliphatic rings. The second-order valence-electron chi connectivity index (χ2n) is 4.67. The number of rotatable bonds is 3. The van der Waals surface area contributed by atoms with Crippen molar-refractivity contribution < 1.29 is 14.1 Å². The largest absolute Gasteiger partial charge is 0.461 e. The molecule has 2 aromatic carbocycles. The number of ether oxygens (including phenoxy) is 1. The van der Waals surface area contributed by atoms with E-state index in [1.165, 1.54) is 6.26 Å². The van der Waals surface area contributed by atoms with Crippen molar-refractivity contribution in [2.75, 3.05) is 6.61 Å². The summed E-state index contributed by atoms with van der Waals surface area (Å²) in [5, 5.41) is 3.66. The molecule has 0 aliphatic carbocycles. The maximum atomic E-state index is 11.6. The monoisotopic (exact) mass is 319 g/mol. The summed E-state index contributed by atoms with van der Waals surface area (Å²) in [6.45, 7) is 2.07. The van der Waals surface area contributed by atoms with Gasteiger partial charge in [-0.15, -0.1) is 6.42 Å². The molecule has 0 fully saturated rings. The summed E-state index contributed by atoms with van der Waals surface area (Å²) in [5.41, 5.74) is 2.69. The number of carbonyl (C=O) groups is 1. The van der Waals surface area contributed by atoms with Crippen molar-refractivity contribution in [2.45, 2.75) is 6.92 Å². The highest BCUT2D eigenvalue weighted by molar-refractivity contribution is 5.94. The van der Waals surface area contributed by atoms with E-state index in [1.54, 1.807) is 6.92 Å². The van der Waals surface area contributed by atoms with Crippen molar-refractivity contribution in [3.8, 4) is 23.5 Å². The van der Waals surface area contributed by atoms with E-state index in [0.29, 0.717) is 12.2 Å². The van der Waals surface area contributed by atoms with Crippen molar-refractivity contribution in [1.29, 1.82) is 0 Å². The summed E-state index contributed by atoms with van der Waals surface area (Å²) in [6, 6.07) is 19.0. The first-order chi connectivity index (χ1) is 11.8. The van der Waals surface area contributed by atoms with Gasteiger partial charge in [-0.25, -0.2) is 4.79 Å². The molecule has 1 heterocycles. The zero-order valence-electron chi connectivity index (χ0n) is 13.3. The Labute approximate surface area is 141 Å². The van der Waals surface area contributed by atoms with Crippen LogP contribution in [0.5, 0.6) is 0 Å². The van der Waals surface area contributed by atoms with Crippen LogP contribution in [0.25, 0.3) is 11.1 Å². The second-order valence-corrected chi connectivity index (χ2v) is 4.67. The van der Waals surface area contributed by atoms with Crippen molar-refractivity contribution in [3.63, 3.8) is 0 Å². The van der Waals surface area contributed by atoms with Gasteiger partial charge in [0.25, 0.3) is 0 Å². The van der Waals surface area contributed by atoms with Gasteiger partial charge in [0, 0.05) is 5.56 Å². The van der Waals surface area contributed by atoms with Crippen LogP contribution in [0.15, 0.2) is 71.4 Å². The fraction of sp³-hybridized carbons (Fsp3) is 0.100. The van der Waals surface area contributed by atoms with Crippen LogP contribution in [0.2, 0.25) is 0 Å². The van der Waals surface area contributed by atoms with Gasteiger partial charge in [0.15, 0.2) is 5.69 Å². The number of terminal acetylenes is 1. The molecule has 4 nitrogen and oxygen atoms in total. The first-order valence-corrected chi connectivity index (χ1v) is 7.44. The van der Waals surface area contributed by atoms with Crippen LogP contribution in [-0.4, -0.2) is 17.7 Å². The zero-order valence-corrected chi connectivity index (χ0v) is 13.3. The summed E-state index contributed by atoms with van der Waals surface area (Å²) in [4.78, 5) is 11.6. The average Bonchev–Trinajstić information content (AvgIpc) is 3.14. The van der Waals surface area contributed by atoms with Crippen molar-refractivity contribution in [2.24, 2.45) is 0 Å². The standard InChI is InChI=1S/C12H11NO3.C8H6/c1-2-15-12(14)11-10(8-16-13-11)9-6-4-3-5-7-9;1-2-8-6-4-3-5-7-8/h3-8H,2H2,1H3;1,3-7H. The number of nitrogens with zero attached hydrogens (tertiary/aromatic N) is 1. The Morgan fingerprint density at radius 1 is 1.12 bits per heavy atom. The van der Waals surface area contributed by atoms with Crippen LogP contribution in [0.3, 0.4) is 0 Å². The average molecular weight is 319 g/mol. The van der Waals surface area contributed by atoms with Gasteiger partial charge in [-0.2, -0.15) is 0 Å². The third kappa shape index (κ3) is 4.59. The Bertz CT molecular complexity index is 802. The van der Waals surface area contributed by atoms with E-state index < -0.39 is 5.97 Å². The first kappa shape index (κ1) is 17.0. The van der Waals surface area contributed by atoms with Gasteiger partial charge in [0.05, 0.1) is 12.2 Å². The minimum atomic E-state index is -0.463. The molecule has 0 bridgehead atoms. The number of hydrogen-bond acceptors (Lipinski definition) is 4. The van der Waals surface area contributed by atoms with Crippen LogP contribution in [0.1, 0.15) is 23.0 Å². The maximum absolute atomic E-state index is 11.6. The molecule has 120 valence electrons. The Balaban J connectivity index is 0.000000219. The van der Waals surface area contributed by atoms with Gasteiger partial charge in [0.1, 0.15) is 6.26 Å². The highest BCUT2D eigenvalue weighted by atomic mass is 16.5. The van der Waals surface area contributed by atoms with E-state index in [4.69, 9.17) is 15.7 Å². The summed E-state index contributed by atoms with van der Waals surface area (Å²) in [7, 11) is 0. The molecule has 3 rings (SSSR count). The molecule has 0 atom stereocenters. The summed E-state index contributed by atoms with van der Waals surface area (Å²) < 4.78 is 9.70. The quantitative estimate of drug-likeness (QED) is 0.536. The van der Waals surface area contributed by atoms with E-state index >= 15 is 0 Å². The van der Waals surface area contributed by atoms with Crippen LogP contribution < -0.4 is 0 Å². The van der Waals surface area contributed by atoms with E-state index in [0.717, 1.165) is 11.1 Å². The van der Waals surface area contributed by atoms with Gasteiger partial charge >= 0.3 is 5.97 Å². The molecule has 0 saturated carbocycles. The van der Waals surface area contributed by atoms with Gasteiger partial charge < -0.3 is 9.26 Å². The molecule has 4 heteroatoms. The minimum absolute atomic E-state index is 0.216. The van der Waals surface area contributed by atoms with E-state index in [-0.39, 0.29) is 5.69 Å². The molecule has 0 N–H and O–H groups in total. The molecular weight excluding hydrogens is 302 g/mol. The van der Waals surface area contributed by atoms with Crippen molar-refractivity contribution in [3.05, 3.63) is 78.2 Å². The number of carbonyl (C=O) groups excluding carboxylic acids is 1. The lowest BCUT2D eigenvalue weighted by atomic mass is 10.1. The fourth-order valence-electron chi connectivity index (χ4n) is 1.94. The number of benzene rings is 2. The Kier molecular flexibility index (Phi) is 6.36. The summed E-state index contributed by atoms with van der Waals surface area (Å²) in [6.07, 6.45) is 6.55.